The van der Waals surface area contributed by atoms with Crippen molar-refractivity contribution in [1.82, 2.24) is 15.1 Å². The van der Waals surface area contributed by atoms with E-state index < -0.39 is 23.5 Å². The van der Waals surface area contributed by atoms with Crippen molar-refractivity contribution in [2.75, 3.05) is 0 Å². The van der Waals surface area contributed by atoms with Gasteiger partial charge in [0.25, 0.3) is 11.5 Å². The summed E-state index contributed by atoms with van der Waals surface area (Å²) >= 11 is 12.0. The maximum Gasteiger partial charge on any atom is 0.305 e. The number of benzene rings is 2. The number of rotatable bonds is 6. The van der Waals surface area contributed by atoms with Crippen LogP contribution in [-0.4, -0.2) is 26.8 Å². The first-order chi connectivity index (χ1) is 13.3. The van der Waals surface area contributed by atoms with Gasteiger partial charge in [0.05, 0.1) is 23.2 Å². The summed E-state index contributed by atoms with van der Waals surface area (Å²) in [6.45, 7) is 0. The van der Waals surface area contributed by atoms with Crippen molar-refractivity contribution in [3.63, 3.8) is 0 Å². The van der Waals surface area contributed by atoms with E-state index in [0.717, 1.165) is 10.7 Å². The fourth-order valence-electron chi connectivity index (χ4n) is 2.68. The number of H-pyrrole nitrogens is 1. The SMILES string of the molecule is O=C(O)C[C@H](NC(=O)c1cc(=O)n(-c2ccccc2Cl)[nH]1)c1ccc(Cl)cc1. The Hall–Kier alpha value is -3.03. The quantitative estimate of drug-likeness (QED) is 0.569. The summed E-state index contributed by atoms with van der Waals surface area (Å²) in [6.07, 6.45) is -0.331. The highest BCUT2D eigenvalue weighted by molar-refractivity contribution is 6.32. The van der Waals surface area contributed by atoms with E-state index in [1.165, 1.54) is 0 Å². The predicted molar refractivity (Wildman–Crippen MR) is 105 cm³/mol. The van der Waals surface area contributed by atoms with Gasteiger partial charge in [-0.1, -0.05) is 47.5 Å². The van der Waals surface area contributed by atoms with Crippen LogP contribution < -0.4 is 10.9 Å². The molecule has 0 spiro atoms. The minimum Gasteiger partial charge on any atom is -0.481 e. The third-order valence-corrected chi connectivity index (χ3v) is 4.59. The molecular weight excluding hydrogens is 405 g/mol. The number of aromatic amines is 1. The van der Waals surface area contributed by atoms with Crippen molar-refractivity contribution in [2.24, 2.45) is 0 Å². The maximum atomic E-state index is 12.6. The zero-order valence-corrected chi connectivity index (χ0v) is 15.9. The van der Waals surface area contributed by atoms with E-state index in [1.54, 1.807) is 48.5 Å². The van der Waals surface area contributed by atoms with Crippen molar-refractivity contribution in [1.29, 1.82) is 0 Å². The fraction of sp³-hybridized carbons (Fsp3) is 0.105. The zero-order valence-electron chi connectivity index (χ0n) is 14.4. The van der Waals surface area contributed by atoms with Crippen LogP contribution in [0.25, 0.3) is 5.69 Å². The summed E-state index contributed by atoms with van der Waals surface area (Å²) in [4.78, 5) is 36.1. The summed E-state index contributed by atoms with van der Waals surface area (Å²) in [5.41, 5.74) is 0.481. The first-order valence-electron chi connectivity index (χ1n) is 8.20. The number of aromatic nitrogens is 2. The van der Waals surface area contributed by atoms with Crippen LogP contribution in [-0.2, 0) is 4.79 Å². The maximum absolute atomic E-state index is 12.6. The topological polar surface area (TPSA) is 104 Å². The van der Waals surface area contributed by atoms with Gasteiger partial charge in [-0.25, -0.2) is 4.68 Å². The molecule has 0 aliphatic carbocycles. The molecule has 7 nitrogen and oxygen atoms in total. The summed E-state index contributed by atoms with van der Waals surface area (Å²) in [5, 5.41) is 15.3. The molecule has 28 heavy (non-hydrogen) atoms. The molecule has 0 unspecified atom stereocenters. The Balaban J connectivity index is 1.87. The highest BCUT2D eigenvalue weighted by Crippen LogP contribution is 2.21. The Morgan fingerprint density at radius 3 is 2.43 bits per heavy atom. The second-order valence-electron chi connectivity index (χ2n) is 5.97. The van der Waals surface area contributed by atoms with Crippen LogP contribution in [0.1, 0.15) is 28.5 Å². The van der Waals surface area contributed by atoms with Gasteiger partial charge in [-0.05, 0) is 29.8 Å². The Labute approximate surface area is 169 Å². The Morgan fingerprint density at radius 1 is 1.11 bits per heavy atom. The van der Waals surface area contributed by atoms with Crippen molar-refractivity contribution >= 4 is 35.1 Å². The van der Waals surface area contributed by atoms with E-state index in [0.29, 0.717) is 21.3 Å². The molecule has 0 aliphatic rings. The monoisotopic (exact) mass is 419 g/mol. The third-order valence-electron chi connectivity index (χ3n) is 4.01. The molecule has 3 aromatic rings. The number of hydrogen-bond donors (Lipinski definition) is 3. The number of halogens is 2. The van der Waals surface area contributed by atoms with Crippen molar-refractivity contribution in [3.05, 3.63) is 86.3 Å². The molecular formula is C19H15Cl2N3O4. The number of carbonyl (C=O) groups excluding carboxylic acids is 1. The second kappa shape index (κ2) is 8.33. The lowest BCUT2D eigenvalue weighted by molar-refractivity contribution is -0.137. The molecule has 1 atom stereocenters. The molecule has 0 saturated heterocycles. The average Bonchev–Trinajstić information content (AvgIpc) is 3.03. The largest absolute Gasteiger partial charge is 0.481 e. The van der Waals surface area contributed by atoms with Crippen LogP contribution in [0.2, 0.25) is 10.0 Å². The number of carbonyl (C=O) groups is 2. The molecule has 2 aromatic carbocycles. The highest BCUT2D eigenvalue weighted by atomic mass is 35.5. The van der Waals surface area contributed by atoms with Gasteiger partial charge in [0.2, 0.25) is 0 Å². The van der Waals surface area contributed by atoms with Gasteiger partial charge in [0.1, 0.15) is 5.69 Å². The molecule has 1 amide bonds. The van der Waals surface area contributed by atoms with E-state index in [1.807, 2.05) is 0 Å². The lowest BCUT2D eigenvalue weighted by Gasteiger charge is -2.17. The number of carboxylic acids is 1. The van der Waals surface area contributed by atoms with E-state index in [-0.39, 0.29) is 12.1 Å². The molecule has 3 rings (SSSR count). The lowest BCUT2D eigenvalue weighted by atomic mass is 10.0. The van der Waals surface area contributed by atoms with Gasteiger partial charge in [-0.15, -0.1) is 0 Å². The lowest BCUT2D eigenvalue weighted by Crippen LogP contribution is -2.30. The molecule has 0 aliphatic heterocycles. The molecule has 0 radical (unpaired) electrons. The smallest absolute Gasteiger partial charge is 0.305 e. The molecule has 0 saturated carbocycles. The number of hydrogen-bond acceptors (Lipinski definition) is 3. The van der Waals surface area contributed by atoms with Gasteiger partial charge in [0, 0.05) is 11.1 Å². The van der Waals surface area contributed by atoms with E-state index >= 15 is 0 Å². The number of amides is 1. The van der Waals surface area contributed by atoms with Crippen LogP contribution >= 0.6 is 23.2 Å². The highest BCUT2D eigenvalue weighted by Gasteiger charge is 2.21. The molecule has 0 bridgehead atoms. The van der Waals surface area contributed by atoms with Gasteiger partial charge in [0.15, 0.2) is 0 Å². The van der Waals surface area contributed by atoms with Crippen molar-refractivity contribution < 1.29 is 14.7 Å². The van der Waals surface area contributed by atoms with E-state index in [2.05, 4.69) is 10.4 Å². The van der Waals surface area contributed by atoms with Crippen LogP contribution in [0.3, 0.4) is 0 Å². The van der Waals surface area contributed by atoms with Gasteiger partial charge in [-0.3, -0.25) is 19.5 Å². The second-order valence-corrected chi connectivity index (χ2v) is 6.81. The van der Waals surface area contributed by atoms with Gasteiger partial charge < -0.3 is 10.4 Å². The Bertz CT molecular complexity index is 1070. The van der Waals surface area contributed by atoms with E-state index in [4.69, 9.17) is 28.3 Å². The first kappa shape index (κ1) is 19.7. The number of nitrogens with zero attached hydrogens (tertiary/aromatic N) is 1. The first-order valence-corrected chi connectivity index (χ1v) is 8.96. The standard InChI is InChI=1S/C19H15Cl2N3O4/c20-12-7-5-11(6-8-12)14(10-18(26)27)22-19(28)15-9-17(25)24(23-15)16-4-2-1-3-13(16)21/h1-9,14,23H,10H2,(H,22,28)(H,26,27)/t14-/m0/s1. The number of carboxylic acid groups (broad SMARTS) is 1. The summed E-state index contributed by atoms with van der Waals surface area (Å²) in [7, 11) is 0. The minimum absolute atomic E-state index is 0.0192. The van der Waals surface area contributed by atoms with Crippen LogP contribution in [0, 0.1) is 0 Å². The van der Waals surface area contributed by atoms with Crippen LogP contribution in [0.5, 0.6) is 0 Å². The number of para-hydroxylation sites is 1. The Kier molecular flexibility index (Phi) is 5.87. The van der Waals surface area contributed by atoms with Crippen molar-refractivity contribution in [3.8, 4) is 5.69 Å². The predicted octanol–water partition coefficient (Wildman–Crippen LogP) is 3.42. The summed E-state index contributed by atoms with van der Waals surface area (Å²) < 4.78 is 1.14. The van der Waals surface area contributed by atoms with Crippen LogP contribution in [0.4, 0.5) is 0 Å². The number of nitrogens with one attached hydrogen (secondary N) is 2. The minimum atomic E-state index is -1.08. The molecule has 1 heterocycles. The molecule has 3 N–H and O–H groups in total. The van der Waals surface area contributed by atoms with E-state index in [9.17, 15) is 14.4 Å². The fourth-order valence-corrected chi connectivity index (χ4v) is 3.03. The molecule has 1 aromatic heterocycles. The summed E-state index contributed by atoms with van der Waals surface area (Å²) in [6, 6.07) is 13.5. The Morgan fingerprint density at radius 2 is 1.79 bits per heavy atom. The van der Waals surface area contributed by atoms with Gasteiger partial charge >= 0.3 is 5.97 Å². The average molecular weight is 420 g/mol. The summed E-state index contributed by atoms with van der Waals surface area (Å²) in [5.74, 6) is -1.70. The normalized spacial score (nSPS) is 11.8. The third kappa shape index (κ3) is 4.44. The zero-order chi connectivity index (χ0) is 20.3. The molecule has 144 valence electrons. The van der Waals surface area contributed by atoms with Crippen molar-refractivity contribution in [2.45, 2.75) is 12.5 Å². The van der Waals surface area contributed by atoms with Crippen LogP contribution in [0.15, 0.2) is 59.4 Å². The van der Waals surface area contributed by atoms with Gasteiger partial charge in [-0.2, -0.15) is 0 Å². The molecule has 9 heteroatoms. The number of aliphatic carboxylic acids is 1. The molecule has 0 fully saturated rings.